The van der Waals surface area contributed by atoms with Gasteiger partial charge in [-0.25, -0.2) is 0 Å². The molecule has 0 saturated carbocycles. The van der Waals surface area contributed by atoms with Crippen molar-refractivity contribution in [1.82, 2.24) is 0 Å². The molecule has 130 valence electrons. The van der Waals surface area contributed by atoms with Crippen molar-refractivity contribution in [1.29, 1.82) is 0 Å². The smallest absolute Gasteiger partial charge is 0.311 e. The molecule has 0 heterocycles. The van der Waals surface area contributed by atoms with Crippen molar-refractivity contribution in [3.63, 3.8) is 0 Å². The summed E-state index contributed by atoms with van der Waals surface area (Å²) in [4.78, 5) is 23.6. The van der Waals surface area contributed by atoms with Gasteiger partial charge >= 0.3 is 11.9 Å². The molecule has 6 heteroatoms. The van der Waals surface area contributed by atoms with Gasteiger partial charge in [-0.05, 0) is 5.41 Å². The largest absolute Gasteiger partial charge is 0.452 e. The molecule has 0 aliphatic rings. The molecule has 0 rings (SSSR count). The number of hydrogen-bond acceptors (Lipinski definition) is 6. The number of aliphatic hydroxyl groups excluding tert-OH is 1. The summed E-state index contributed by atoms with van der Waals surface area (Å²) in [5.74, 6) is -4.25. The Morgan fingerprint density at radius 1 is 0.909 bits per heavy atom. The number of ether oxygens (including phenoxy) is 2. The van der Waals surface area contributed by atoms with Gasteiger partial charge in [0.15, 0.2) is 6.10 Å². The zero-order chi connectivity index (χ0) is 17.9. The van der Waals surface area contributed by atoms with Crippen LogP contribution in [0, 0.1) is 17.3 Å². The summed E-state index contributed by atoms with van der Waals surface area (Å²) in [6.07, 6.45) is -2.60. The number of rotatable bonds is 6. The quantitative estimate of drug-likeness (QED) is 0.573. The van der Waals surface area contributed by atoms with Crippen molar-refractivity contribution >= 4 is 11.9 Å². The molecule has 22 heavy (non-hydrogen) atoms. The van der Waals surface area contributed by atoms with Gasteiger partial charge in [-0.1, -0.05) is 48.5 Å². The lowest BCUT2D eigenvalue weighted by Crippen LogP contribution is -2.56. The molecular formula is C16H30O6. The predicted octanol–water partition coefficient (Wildman–Crippen LogP) is 1.87. The molecule has 0 aromatic rings. The minimum Gasteiger partial charge on any atom is -0.452 e. The van der Waals surface area contributed by atoms with Crippen LogP contribution < -0.4 is 0 Å². The van der Waals surface area contributed by atoms with E-state index < -0.39 is 47.2 Å². The summed E-state index contributed by atoms with van der Waals surface area (Å²) in [6, 6.07) is 0. The number of carbonyl (C=O) groups is 2. The van der Waals surface area contributed by atoms with E-state index in [0.29, 0.717) is 0 Å². The molecule has 3 unspecified atom stereocenters. The normalized spacial score (nSPS) is 17.8. The summed E-state index contributed by atoms with van der Waals surface area (Å²) >= 11 is 0. The van der Waals surface area contributed by atoms with E-state index in [2.05, 4.69) is 0 Å². The molecular weight excluding hydrogens is 288 g/mol. The summed E-state index contributed by atoms with van der Waals surface area (Å²) in [7, 11) is 0. The second-order valence-corrected chi connectivity index (χ2v) is 7.45. The highest BCUT2D eigenvalue weighted by Crippen LogP contribution is 2.31. The monoisotopic (exact) mass is 318 g/mol. The minimum atomic E-state index is -2.13. The number of hydrogen-bond donors (Lipinski definition) is 2. The Bertz CT molecular complexity index is 392. The molecule has 6 nitrogen and oxygen atoms in total. The highest BCUT2D eigenvalue weighted by molar-refractivity contribution is 5.73. The Morgan fingerprint density at radius 2 is 1.32 bits per heavy atom. The lowest BCUT2D eigenvalue weighted by atomic mass is 9.83. The maximum atomic E-state index is 11.9. The van der Waals surface area contributed by atoms with Crippen LogP contribution in [0.2, 0.25) is 0 Å². The van der Waals surface area contributed by atoms with Gasteiger partial charge in [-0.3, -0.25) is 9.59 Å². The Kier molecular flexibility index (Phi) is 7.03. The molecule has 0 aromatic heterocycles. The van der Waals surface area contributed by atoms with E-state index in [-0.39, 0.29) is 0 Å². The van der Waals surface area contributed by atoms with Crippen LogP contribution in [-0.2, 0) is 19.1 Å². The Labute approximate surface area is 132 Å². The van der Waals surface area contributed by atoms with Crippen molar-refractivity contribution in [2.75, 3.05) is 0 Å². The van der Waals surface area contributed by atoms with Gasteiger partial charge in [0.1, 0.15) is 6.10 Å². The molecule has 2 N–H and O–H groups in total. The van der Waals surface area contributed by atoms with E-state index in [1.807, 2.05) is 0 Å². The van der Waals surface area contributed by atoms with E-state index in [0.717, 1.165) is 0 Å². The Hall–Kier alpha value is -1.14. The van der Waals surface area contributed by atoms with Gasteiger partial charge < -0.3 is 19.7 Å². The molecule has 0 saturated heterocycles. The molecule has 0 spiro atoms. The van der Waals surface area contributed by atoms with Gasteiger partial charge in [-0.2, -0.15) is 0 Å². The van der Waals surface area contributed by atoms with Gasteiger partial charge in [0, 0.05) is 6.92 Å². The molecule has 0 radical (unpaired) electrons. The third-order valence-corrected chi connectivity index (χ3v) is 3.20. The van der Waals surface area contributed by atoms with Crippen LogP contribution in [0.4, 0.5) is 0 Å². The predicted molar refractivity (Wildman–Crippen MR) is 81.7 cm³/mol. The maximum Gasteiger partial charge on any atom is 0.311 e. The van der Waals surface area contributed by atoms with E-state index in [9.17, 15) is 19.8 Å². The fraction of sp³-hybridized carbons (Fsp3) is 0.875. The Morgan fingerprint density at radius 3 is 1.64 bits per heavy atom. The lowest BCUT2D eigenvalue weighted by molar-refractivity contribution is -0.271. The topological polar surface area (TPSA) is 93.1 Å². The third-order valence-electron chi connectivity index (χ3n) is 3.20. The van der Waals surface area contributed by atoms with Crippen LogP contribution in [0.1, 0.15) is 55.4 Å². The van der Waals surface area contributed by atoms with Gasteiger partial charge in [0.25, 0.3) is 0 Å². The molecule has 0 aliphatic carbocycles. The molecule has 0 aromatic carbocycles. The van der Waals surface area contributed by atoms with Crippen LogP contribution in [-0.4, -0.2) is 40.1 Å². The van der Waals surface area contributed by atoms with E-state index >= 15 is 0 Å². The number of carbonyl (C=O) groups excluding carboxylic acids is 2. The van der Waals surface area contributed by atoms with Crippen molar-refractivity contribution < 1.29 is 29.3 Å². The fourth-order valence-electron chi connectivity index (χ4n) is 1.56. The number of aliphatic hydroxyl groups is 2. The van der Waals surface area contributed by atoms with Crippen molar-refractivity contribution in [2.45, 2.75) is 73.4 Å². The highest BCUT2D eigenvalue weighted by Gasteiger charge is 2.48. The van der Waals surface area contributed by atoms with Crippen molar-refractivity contribution in [2.24, 2.45) is 17.3 Å². The molecule has 0 aliphatic heterocycles. The average Bonchev–Trinajstić information content (AvgIpc) is 2.32. The second kappa shape index (κ2) is 7.42. The van der Waals surface area contributed by atoms with E-state index in [1.165, 1.54) is 6.92 Å². The van der Waals surface area contributed by atoms with Crippen LogP contribution in [0.3, 0.4) is 0 Å². The first-order chi connectivity index (χ1) is 9.70. The fourth-order valence-corrected chi connectivity index (χ4v) is 1.56. The summed E-state index contributed by atoms with van der Waals surface area (Å²) in [5, 5.41) is 20.9. The van der Waals surface area contributed by atoms with Gasteiger partial charge in [0.05, 0.1) is 11.8 Å². The molecule has 0 bridgehead atoms. The summed E-state index contributed by atoms with van der Waals surface area (Å²) < 4.78 is 10.3. The van der Waals surface area contributed by atoms with Gasteiger partial charge in [-0.15, -0.1) is 0 Å². The maximum absolute atomic E-state index is 11.9. The molecule has 3 atom stereocenters. The third kappa shape index (κ3) is 5.93. The minimum absolute atomic E-state index is 0.439. The van der Waals surface area contributed by atoms with E-state index in [4.69, 9.17) is 9.47 Å². The summed E-state index contributed by atoms with van der Waals surface area (Å²) in [6.45, 7) is 12.9. The Balaban J connectivity index is 5.45. The van der Waals surface area contributed by atoms with Gasteiger partial charge in [0.2, 0.25) is 5.79 Å². The first-order valence-corrected chi connectivity index (χ1v) is 7.54. The van der Waals surface area contributed by atoms with Crippen molar-refractivity contribution in [3.8, 4) is 0 Å². The average molecular weight is 318 g/mol. The molecule has 0 amide bonds. The van der Waals surface area contributed by atoms with Crippen LogP contribution >= 0.6 is 0 Å². The van der Waals surface area contributed by atoms with Crippen LogP contribution in [0.15, 0.2) is 0 Å². The van der Waals surface area contributed by atoms with Crippen LogP contribution in [0.5, 0.6) is 0 Å². The zero-order valence-corrected chi connectivity index (χ0v) is 14.8. The second-order valence-electron chi connectivity index (χ2n) is 7.45. The highest BCUT2D eigenvalue weighted by atomic mass is 16.7. The zero-order valence-electron chi connectivity index (χ0n) is 14.8. The number of esters is 2. The first-order valence-electron chi connectivity index (χ1n) is 7.54. The molecule has 0 fully saturated rings. The lowest BCUT2D eigenvalue weighted by Gasteiger charge is -2.40. The first kappa shape index (κ1) is 20.9. The summed E-state index contributed by atoms with van der Waals surface area (Å²) in [5.41, 5.74) is -0.684. The van der Waals surface area contributed by atoms with E-state index in [1.54, 1.807) is 48.5 Å². The standard InChI is InChI=1S/C16H30O6/c1-9(2)13(18)21-12(11(17)15(5,6)7)16(8,20)22-14(19)10(3)4/h9-12,17,20H,1-8H3. The van der Waals surface area contributed by atoms with Crippen molar-refractivity contribution in [3.05, 3.63) is 0 Å². The SMILES string of the molecule is CC(C)C(=O)OC(C(O)C(C)(C)C)C(C)(O)OC(=O)C(C)C. The van der Waals surface area contributed by atoms with Crippen LogP contribution in [0.25, 0.3) is 0 Å².